The Kier molecular flexibility index (Phi) is 40.3. The van der Waals surface area contributed by atoms with Crippen molar-refractivity contribution < 1.29 is 39.8 Å². The topological polar surface area (TPSA) is 149 Å². The molecule has 1 rings (SSSR count). The summed E-state index contributed by atoms with van der Waals surface area (Å²) in [6.07, 6.45) is 45.2. The second kappa shape index (κ2) is 42.6. The Balaban J connectivity index is 2.28. The van der Waals surface area contributed by atoms with Gasteiger partial charge in [-0.25, -0.2) is 0 Å². The zero-order chi connectivity index (χ0) is 44.4. The van der Waals surface area contributed by atoms with Gasteiger partial charge in [0.05, 0.1) is 25.4 Å². The van der Waals surface area contributed by atoms with Gasteiger partial charge in [-0.2, -0.15) is 0 Å². The molecule has 1 heterocycles. The van der Waals surface area contributed by atoms with Crippen LogP contribution in [0.15, 0.2) is 24.3 Å². The minimum absolute atomic E-state index is 0.182. The number of aliphatic hydroxyl groups is 5. The second-order valence-corrected chi connectivity index (χ2v) is 18.3. The Morgan fingerprint density at radius 3 is 1.38 bits per heavy atom. The monoisotopic (exact) mass is 866 g/mol. The maximum Gasteiger partial charge on any atom is 0.220 e. The maximum absolute atomic E-state index is 13.0. The lowest BCUT2D eigenvalue weighted by molar-refractivity contribution is -0.302. The molecular weight excluding hydrogens is 767 g/mol. The smallest absolute Gasteiger partial charge is 0.220 e. The van der Waals surface area contributed by atoms with Crippen LogP contribution in [0.25, 0.3) is 0 Å². The van der Waals surface area contributed by atoms with Crippen molar-refractivity contribution in [2.75, 3.05) is 13.2 Å². The summed E-state index contributed by atoms with van der Waals surface area (Å²) < 4.78 is 11.2. The van der Waals surface area contributed by atoms with Crippen LogP contribution in [-0.4, -0.2) is 87.5 Å². The van der Waals surface area contributed by atoms with Crippen LogP contribution >= 0.6 is 0 Å². The molecule has 0 aromatic heterocycles. The first kappa shape index (κ1) is 57.7. The fourth-order valence-corrected chi connectivity index (χ4v) is 8.35. The van der Waals surface area contributed by atoms with E-state index in [4.69, 9.17) is 9.47 Å². The van der Waals surface area contributed by atoms with Gasteiger partial charge in [-0.3, -0.25) is 4.79 Å². The average molecular weight is 866 g/mol. The van der Waals surface area contributed by atoms with Gasteiger partial charge in [0.25, 0.3) is 0 Å². The number of rotatable bonds is 44. The maximum atomic E-state index is 13.0. The molecule has 0 aliphatic carbocycles. The van der Waals surface area contributed by atoms with Gasteiger partial charge in [-0.1, -0.05) is 231 Å². The number of carbonyl (C=O) groups is 1. The predicted octanol–water partition coefficient (Wildman–Crippen LogP) is 11.8. The van der Waals surface area contributed by atoms with Gasteiger partial charge in [0.15, 0.2) is 6.29 Å². The van der Waals surface area contributed by atoms with E-state index < -0.39 is 49.5 Å². The predicted molar refractivity (Wildman–Crippen MR) is 253 cm³/mol. The zero-order valence-electron chi connectivity index (χ0n) is 39.7. The van der Waals surface area contributed by atoms with Crippen molar-refractivity contribution in [3.63, 3.8) is 0 Å². The Morgan fingerprint density at radius 2 is 0.934 bits per heavy atom. The van der Waals surface area contributed by atoms with Gasteiger partial charge >= 0.3 is 0 Å². The van der Waals surface area contributed by atoms with Gasteiger partial charge in [0.2, 0.25) is 5.91 Å². The summed E-state index contributed by atoms with van der Waals surface area (Å²) >= 11 is 0. The zero-order valence-corrected chi connectivity index (χ0v) is 39.7. The molecule has 0 radical (unpaired) electrons. The fourth-order valence-electron chi connectivity index (χ4n) is 8.35. The van der Waals surface area contributed by atoms with Crippen LogP contribution < -0.4 is 5.32 Å². The summed E-state index contributed by atoms with van der Waals surface area (Å²) in [5, 5.41) is 54.3. The lowest BCUT2D eigenvalue weighted by Gasteiger charge is -2.40. The molecule has 9 heteroatoms. The van der Waals surface area contributed by atoms with Crippen LogP contribution in [0.3, 0.4) is 0 Å². The Hall–Kier alpha value is -1.33. The van der Waals surface area contributed by atoms with Crippen molar-refractivity contribution >= 4 is 5.91 Å². The summed E-state index contributed by atoms with van der Waals surface area (Å²) in [5.74, 6) is -0.182. The first-order chi connectivity index (χ1) is 29.8. The van der Waals surface area contributed by atoms with E-state index in [1.165, 1.54) is 186 Å². The fraction of sp³-hybridized carbons (Fsp3) is 0.904. The lowest BCUT2D eigenvalue weighted by Crippen LogP contribution is -2.60. The summed E-state index contributed by atoms with van der Waals surface area (Å²) in [4.78, 5) is 13.0. The second-order valence-electron chi connectivity index (χ2n) is 18.3. The number of nitrogens with one attached hydrogen (secondary N) is 1. The van der Waals surface area contributed by atoms with Crippen LogP contribution in [0.4, 0.5) is 0 Å². The minimum atomic E-state index is -1.57. The molecular formula is C52H99NO8. The van der Waals surface area contributed by atoms with Crippen molar-refractivity contribution in [2.24, 2.45) is 0 Å². The molecule has 360 valence electrons. The summed E-state index contributed by atoms with van der Waals surface area (Å²) in [6, 6.07) is -0.817. The third-order valence-corrected chi connectivity index (χ3v) is 12.5. The first-order valence-corrected chi connectivity index (χ1v) is 26.1. The molecule has 1 aliphatic rings. The van der Waals surface area contributed by atoms with Gasteiger partial charge in [0, 0.05) is 6.42 Å². The number of ether oxygens (including phenoxy) is 2. The number of hydrogen-bond acceptors (Lipinski definition) is 8. The SMILES string of the molecule is CCCCCCCCCCCC/C=C/CC/C=C/[C@@H](O)[C@H](CO[C@H]1O[C@@H](CO)[C@H](O)C(O)C1O)NC(=O)CCCCCCCCCCCCCCCCCCCCCCCC. The van der Waals surface area contributed by atoms with E-state index in [2.05, 4.69) is 31.3 Å². The largest absolute Gasteiger partial charge is 0.394 e. The highest BCUT2D eigenvalue weighted by Crippen LogP contribution is 2.23. The minimum Gasteiger partial charge on any atom is -0.394 e. The molecule has 1 aliphatic heterocycles. The number of aliphatic hydroxyl groups excluding tert-OH is 5. The molecule has 0 aromatic rings. The Bertz CT molecular complexity index is 1010. The molecule has 0 bridgehead atoms. The van der Waals surface area contributed by atoms with Gasteiger partial charge in [0.1, 0.15) is 24.4 Å². The number of unbranched alkanes of at least 4 members (excludes halogenated alkanes) is 32. The van der Waals surface area contributed by atoms with Crippen molar-refractivity contribution in [3.05, 3.63) is 24.3 Å². The van der Waals surface area contributed by atoms with Crippen LogP contribution in [0.5, 0.6) is 0 Å². The normalized spacial score (nSPS) is 20.5. The molecule has 1 amide bonds. The van der Waals surface area contributed by atoms with Crippen LogP contribution in [-0.2, 0) is 14.3 Å². The molecule has 61 heavy (non-hydrogen) atoms. The third kappa shape index (κ3) is 32.9. The van der Waals surface area contributed by atoms with Crippen molar-refractivity contribution in [2.45, 2.75) is 288 Å². The number of amides is 1. The molecule has 7 atom stereocenters. The van der Waals surface area contributed by atoms with E-state index in [0.29, 0.717) is 6.42 Å². The van der Waals surface area contributed by atoms with E-state index >= 15 is 0 Å². The standard InChI is InChI=1S/C52H99NO8/c1-3-5-7-9-11-13-15-17-19-21-22-23-24-25-26-28-30-32-34-36-38-40-42-48(56)53-45(44-60-52-51(59)50(58)49(57)47(43-54)61-52)46(55)41-39-37-35-33-31-29-27-20-18-16-14-12-10-8-6-4-2/h31,33,39,41,45-47,49-52,54-55,57-59H,3-30,32,34-38,40,42-44H2,1-2H3,(H,53,56)/b33-31+,41-39+/t45-,46+,47-,49-,50?,51?,52-/m0/s1. The van der Waals surface area contributed by atoms with E-state index in [0.717, 1.165) is 38.5 Å². The quantitative estimate of drug-likeness (QED) is 0.0262. The lowest BCUT2D eigenvalue weighted by atomic mass is 9.99. The van der Waals surface area contributed by atoms with Crippen molar-refractivity contribution in [3.8, 4) is 0 Å². The molecule has 6 N–H and O–H groups in total. The number of carbonyl (C=O) groups excluding carboxylic acids is 1. The van der Waals surface area contributed by atoms with E-state index in [9.17, 15) is 30.3 Å². The van der Waals surface area contributed by atoms with Crippen LogP contribution in [0.1, 0.15) is 245 Å². The number of allylic oxidation sites excluding steroid dienone is 3. The van der Waals surface area contributed by atoms with Gasteiger partial charge in [-0.05, 0) is 32.1 Å². The van der Waals surface area contributed by atoms with E-state index in [1.54, 1.807) is 6.08 Å². The Labute approximate surface area is 375 Å². The summed E-state index contributed by atoms with van der Waals surface area (Å²) in [5.41, 5.74) is 0. The van der Waals surface area contributed by atoms with Gasteiger partial charge < -0.3 is 40.3 Å². The molecule has 1 fully saturated rings. The summed E-state index contributed by atoms with van der Waals surface area (Å²) in [6.45, 7) is 3.78. The highest BCUT2D eigenvalue weighted by molar-refractivity contribution is 5.76. The number of hydrogen-bond donors (Lipinski definition) is 6. The molecule has 0 saturated carbocycles. The molecule has 2 unspecified atom stereocenters. The van der Waals surface area contributed by atoms with Crippen molar-refractivity contribution in [1.82, 2.24) is 5.32 Å². The Morgan fingerprint density at radius 1 is 0.541 bits per heavy atom. The van der Waals surface area contributed by atoms with E-state index in [-0.39, 0.29) is 12.5 Å². The molecule has 9 nitrogen and oxygen atoms in total. The third-order valence-electron chi connectivity index (χ3n) is 12.5. The van der Waals surface area contributed by atoms with Gasteiger partial charge in [-0.15, -0.1) is 0 Å². The summed E-state index contributed by atoms with van der Waals surface area (Å²) in [7, 11) is 0. The highest BCUT2D eigenvalue weighted by atomic mass is 16.7. The van der Waals surface area contributed by atoms with Crippen molar-refractivity contribution in [1.29, 1.82) is 0 Å². The van der Waals surface area contributed by atoms with E-state index in [1.807, 2.05) is 6.08 Å². The first-order valence-electron chi connectivity index (χ1n) is 26.1. The molecule has 0 spiro atoms. The molecule has 0 aromatic carbocycles. The van der Waals surface area contributed by atoms with Crippen LogP contribution in [0.2, 0.25) is 0 Å². The average Bonchev–Trinajstić information content (AvgIpc) is 3.26. The van der Waals surface area contributed by atoms with Crippen LogP contribution in [0, 0.1) is 0 Å². The highest BCUT2D eigenvalue weighted by Gasteiger charge is 2.44. The molecule has 1 saturated heterocycles.